The summed E-state index contributed by atoms with van der Waals surface area (Å²) in [6.45, 7) is 2.14. The molecule has 0 radical (unpaired) electrons. The second-order valence-electron chi connectivity index (χ2n) is 4.29. The summed E-state index contributed by atoms with van der Waals surface area (Å²) in [5.74, 6) is -0.687. The van der Waals surface area contributed by atoms with Crippen molar-refractivity contribution in [2.45, 2.75) is 58.3 Å². The number of carboxylic acids is 1. The smallest absolute Gasteiger partial charge is 0.303 e. The van der Waals surface area contributed by atoms with Crippen molar-refractivity contribution in [3.63, 3.8) is 0 Å². The van der Waals surface area contributed by atoms with Gasteiger partial charge in [-0.1, -0.05) is 49.8 Å². The predicted molar refractivity (Wildman–Crippen MR) is 77.7 cm³/mol. The van der Waals surface area contributed by atoms with Gasteiger partial charge in [0.15, 0.2) is 0 Å². The van der Waals surface area contributed by atoms with Crippen molar-refractivity contribution >= 4 is 5.97 Å². The van der Waals surface area contributed by atoms with E-state index in [2.05, 4.69) is 43.4 Å². The van der Waals surface area contributed by atoms with Crippen LogP contribution in [0.2, 0.25) is 0 Å². The van der Waals surface area contributed by atoms with Crippen molar-refractivity contribution in [3.05, 3.63) is 36.5 Å². The van der Waals surface area contributed by atoms with Gasteiger partial charge < -0.3 is 5.11 Å². The highest BCUT2D eigenvalue weighted by atomic mass is 16.4. The molecule has 0 spiro atoms. The Balaban J connectivity index is 3.27. The fourth-order valence-electron chi connectivity index (χ4n) is 1.54. The first kappa shape index (κ1) is 16.7. The van der Waals surface area contributed by atoms with Gasteiger partial charge in [-0.05, 0) is 38.5 Å². The van der Waals surface area contributed by atoms with E-state index in [0.29, 0.717) is 6.42 Å². The molecule has 0 saturated heterocycles. The summed E-state index contributed by atoms with van der Waals surface area (Å²) in [5, 5.41) is 8.46. The number of aliphatic carboxylic acids is 1. The average Bonchev–Trinajstić information content (AvgIpc) is 2.34. The normalized spacial score (nSPS) is 12.1. The molecular weight excluding hydrogens is 224 g/mol. The van der Waals surface area contributed by atoms with Crippen molar-refractivity contribution < 1.29 is 9.90 Å². The van der Waals surface area contributed by atoms with E-state index in [4.69, 9.17) is 5.11 Å². The lowest BCUT2D eigenvalue weighted by molar-refractivity contribution is -0.137. The Bertz CT molecular complexity index is 275. The van der Waals surface area contributed by atoms with Crippen LogP contribution in [0.5, 0.6) is 0 Å². The molecule has 0 bridgehead atoms. The molecule has 0 heterocycles. The molecule has 0 aliphatic carbocycles. The number of rotatable bonds is 11. The van der Waals surface area contributed by atoms with Gasteiger partial charge in [-0.2, -0.15) is 0 Å². The van der Waals surface area contributed by atoms with Gasteiger partial charge in [0.25, 0.3) is 0 Å². The molecule has 0 atom stereocenters. The van der Waals surface area contributed by atoms with E-state index in [9.17, 15) is 4.79 Å². The monoisotopic (exact) mass is 250 g/mol. The molecule has 18 heavy (non-hydrogen) atoms. The van der Waals surface area contributed by atoms with Crippen molar-refractivity contribution in [2.24, 2.45) is 0 Å². The Morgan fingerprint density at radius 2 is 1.50 bits per heavy atom. The largest absolute Gasteiger partial charge is 0.481 e. The van der Waals surface area contributed by atoms with Crippen LogP contribution in [0.15, 0.2) is 36.5 Å². The quantitative estimate of drug-likeness (QED) is 0.419. The number of hydrogen-bond acceptors (Lipinski definition) is 1. The van der Waals surface area contributed by atoms with Crippen LogP contribution >= 0.6 is 0 Å². The van der Waals surface area contributed by atoms with Gasteiger partial charge in [-0.25, -0.2) is 0 Å². The molecule has 0 aromatic heterocycles. The molecule has 0 amide bonds. The predicted octanol–water partition coefficient (Wildman–Crippen LogP) is 4.88. The molecule has 102 valence electrons. The van der Waals surface area contributed by atoms with E-state index >= 15 is 0 Å². The van der Waals surface area contributed by atoms with Crippen LogP contribution in [0.4, 0.5) is 0 Å². The standard InChI is InChI=1S/C16H26O2/c1-2-3-4-5-6-7-8-9-10-11-12-13-14-15-16(17)18/h3-4,6-7,9-10H,2,5,8,11-15H2,1H3,(H,17,18)/b4-3+,7-6+,10-9+. The second kappa shape index (κ2) is 13.8. The maximum atomic E-state index is 10.3. The van der Waals surface area contributed by atoms with Gasteiger partial charge in [-0.3, -0.25) is 4.79 Å². The lowest BCUT2D eigenvalue weighted by Crippen LogP contribution is -1.93. The molecule has 2 heteroatoms. The Kier molecular flexibility index (Phi) is 12.8. The van der Waals surface area contributed by atoms with Crippen molar-refractivity contribution in [1.29, 1.82) is 0 Å². The molecule has 0 aromatic carbocycles. The fraction of sp³-hybridized carbons (Fsp3) is 0.562. The second-order valence-corrected chi connectivity index (χ2v) is 4.29. The molecule has 1 N–H and O–H groups in total. The third-order valence-corrected chi connectivity index (χ3v) is 2.54. The van der Waals surface area contributed by atoms with Crippen LogP contribution in [0.1, 0.15) is 58.3 Å². The summed E-state index contributed by atoms with van der Waals surface area (Å²) >= 11 is 0. The molecule has 0 aliphatic heterocycles. The first-order valence-corrected chi connectivity index (χ1v) is 6.94. The van der Waals surface area contributed by atoms with Crippen LogP contribution < -0.4 is 0 Å². The summed E-state index contributed by atoms with van der Waals surface area (Å²) in [6, 6.07) is 0. The topological polar surface area (TPSA) is 37.3 Å². The minimum atomic E-state index is -0.687. The fourth-order valence-corrected chi connectivity index (χ4v) is 1.54. The third kappa shape index (κ3) is 14.7. The lowest BCUT2D eigenvalue weighted by Gasteiger charge is -1.94. The number of unbranched alkanes of at least 4 members (excludes halogenated alkanes) is 3. The van der Waals surface area contributed by atoms with E-state index in [0.717, 1.165) is 44.9 Å². The van der Waals surface area contributed by atoms with Crippen LogP contribution in [-0.4, -0.2) is 11.1 Å². The molecule has 0 unspecified atom stereocenters. The highest BCUT2D eigenvalue weighted by molar-refractivity contribution is 5.66. The summed E-state index contributed by atoms with van der Waals surface area (Å²) in [4.78, 5) is 10.3. The summed E-state index contributed by atoms with van der Waals surface area (Å²) in [7, 11) is 0. The SMILES string of the molecule is CC/C=C/C/C=C/C/C=C/CCCCCC(=O)O. The zero-order chi connectivity index (χ0) is 13.5. The summed E-state index contributed by atoms with van der Waals surface area (Å²) in [6.07, 6.45) is 20.5. The minimum absolute atomic E-state index is 0.303. The number of allylic oxidation sites excluding steroid dienone is 6. The first-order valence-electron chi connectivity index (χ1n) is 6.94. The Morgan fingerprint density at radius 3 is 2.11 bits per heavy atom. The van der Waals surface area contributed by atoms with Crippen molar-refractivity contribution in [3.8, 4) is 0 Å². The summed E-state index contributed by atoms with van der Waals surface area (Å²) in [5.41, 5.74) is 0. The van der Waals surface area contributed by atoms with E-state index in [1.54, 1.807) is 0 Å². The van der Waals surface area contributed by atoms with E-state index in [-0.39, 0.29) is 0 Å². The highest BCUT2D eigenvalue weighted by Crippen LogP contribution is 2.04. The number of hydrogen-bond donors (Lipinski definition) is 1. The molecule has 0 saturated carbocycles. The zero-order valence-corrected chi connectivity index (χ0v) is 11.5. The molecule has 0 fully saturated rings. The van der Waals surface area contributed by atoms with E-state index < -0.39 is 5.97 Å². The van der Waals surface area contributed by atoms with Crippen molar-refractivity contribution in [1.82, 2.24) is 0 Å². The number of carbonyl (C=O) groups is 1. The minimum Gasteiger partial charge on any atom is -0.481 e. The lowest BCUT2D eigenvalue weighted by atomic mass is 10.1. The maximum Gasteiger partial charge on any atom is 0.303 e. The highest BCUT2D eigenvalue weighted by Gasteiger charge is 1.94. The van der Waals surface area contributed by atoms with Gasteiger partial charge in [0.2, 0.25) is 0 Å². The van der Waals surface area contributed by atoms with E-state index in [1.165, 1.54) is 0 Å². The number of carboxylic acid groups (broad SMARTS) is 1. The average molecular weight is 250 g/mol. The Morgan fingerprint density at radius 1 is 0.889 bits per heavy atom. The Labute approximate surface area is 111 Å². The van der Waals surface area contributed by atoms with Gasteiger partial charge in [0.05, 0.1) is 0 Å². The molecule has 0 aliphatic rings. The molecule has 0 aromatic rings. The van der Waals surface area contributed by atoms with Crippen LogP contribution in [-0.2, 0) is 4.79 Å². The van der Waals surface area contributed by atoms with Gasteiger partial charge in [0, 0.05) is 6.42 Å². The first-order chi connectivity index (χ1) is 8.77. The molecule has 0 rings (SSSR count). The van der Waals surface area contributed by atoms with E-state index in [1.807, 2.05) is 0 Å². The van der Waals surface area contributed by atoms with Crippen LogP contribution in [0, 0.1) is 0 Å². The van der Waals surface area contributed by atoms with Crippen molar-refractivity contribution in [2.75, 3.05) is 0 Å². The Hall–Kier alpha value is -1.31. The van der Waals surface area contributed by atoms with Crippen LogP contribution in [0.3, 0.4) is 0 Å². The zero-order valence-electron chi connectivity index (χ0n) is 11.5. The van der Waals surface area contributed by atoms with Gasteiger partial charge in [-0.15, -0.1) is 0 Å². The van der Waals surface area contributed by atoms with Crippen LogP contribution in [0.25, 0.3) is 0 Å². The molecule has 2 nitrogen and oxygen atoms in total. The maximum absolute atomic E-state index is 10.3. The molecular formula is C16H26O2. The van der Waals surface area contributed by atoms with Gasteiger partial charge in [0.1, 0.15) is 0 Å². The summed E-state index contributed by atoms with van der Waals surface area (Å²) < 4.78 is 0. The third-order valence-electron chi connectivity index (χ3n) is 2.54. The van der Waals surface area contributed by atoms with Gasteiger partial charge >= 0.3 is 5.97 Å².